The number of anilines is 1. The van der Waals surface area contributed by atoms with E-state index in [-0.39, 0.29) is 31.2 Å². The van der Waals surface area contributed by atoms with Crippen LogP contribution in [0, 0.1) is 27.4 Å². The second-order valence-electron chi connectivity index (χ2n) is 5.87. The van der Waals surface area contributed by atoms with Crippen molar-refractivity contribution in [3.8, 4) is 6.07 Å². The number of nitro groups is 1. The Morgan fingerprint density at radius 1 is 1.35 bits per heavy atom. The molecular weight excluding hydrogens is 340 g/mol. The Morgan fingerprint density at radius 3 is 2.69 bits per heavy atom. The molecule has 1 saturated heterocycles. The molecule has 1 fully saturated rings. The lowest BCUT2D eigenvalue weighted by molar-refractivity contribution is -0.384. The van der Waals surface area contributed by atoms with Crippen LogP contribution >= 0.6 is 0 Å². The van der Waals surface area contributed by atoms with E-state index in [0.29, 0.717) is 31.6 Å². The fraction of sp³-hybridized carbons (Fsp3) is 0.471. The van der Waals surface area contributed by atoms with Crippen LogP contribution in [0.25, 0.3) is 0 Å². The standard InChI is InChI=1S/C17H20N4O5/c18-8-3-9-19-16(22)12-26-17(23)13-6-10-20(11-7-13)14-4-1-2-5-15(14)21(24)25/h1-2,4-5,13H,3,6-7,9-12H2,(H,19,22). The van der Waals surface area contributed by atoms with E-state index in [0.717, 1.165) is 0 Å². The van der Waals surface area contributed by atoms with Crippen molar-refractivity contribution >= 4 is 23.3 Å². The second-order valence-corrected chi connectivity index (χ2v) is 5.87. The molecule has 0 atom stereocenters. The first-order valence-corrected chi connectivity index (χ1v) is 8.31. The molecule has 2 rings (SSSR count). The van der Waals surface area contributed by atoms with Crippen molar-refractivity contribution in [3.05, 3.63) is 34.4 Å². The summed E-state index contributed by atoms with van der Waals surface area (Å²) >= 11 is 0. The molecule has 9 nitrogen and oxygen atoms in total. The van der Waals surface area contributed by atoms with Crippen molar-refractivity contribution in [1.29, 1.82) is 5.26 Å². The summed E-state index contributed by atoms with van der Waals surface area (Å²) in [5.41, 5.74) is 0.587. The molecule has 26 heavy (non-hydrogen) atoms. The van der Waals surface area contributed by atoms with Crippen LogP contribution in [0.1, 0.15) is 19.3 Å². The fourth-order valence-electron chi connectivity index (χ4n) is 2.81. The molecule has 138 valence electrons. The first-order valence-electron chi connectivity index (χ1n) is 8.31. The number of nitro benzene ring substituents is 1. The van der Waals surface area contributed by atoms with Gasteiger partial charge in [0.05, 0.1) is 23.3 Å². The Balaban J connectivity index is 1.81. The molecule has 1 N–H and O–H groups in total. The minimum absolute atomic E-state index is 0.0440. The lowest BCUT2D eigenvalue weighted by Gasteiger charge is -2.32. The van der Waals surface area contributed by atoms with E-state index < -0.39 is 16.8 Å². The van der Waals surface area contributed by atoms with Crippen LogP contribution in [0.4, 0.5) is 11.4 Å². The Bertz CT molecular complexity index is 707. The van der Waals surface area contributed by atoms with E-state index >= 15 is 0 Å². The third kappa shape index (κ3) is 5.17. The van der Waals surface area contributed by atoms with E-state index in [2.05, 4.69) is 5.32 Å². The Kier molecular flexibility index (Phi) is 6.91. The average Bonchev–Trinajstić information content (AvgIpc) is 2.66. The van der Waals surface area contributed by atoms with Gasteiger partial charge in [-0.1, -0.05) is 12.1 Å². The maximum absolute atomic E-state index is 12.1. The molecule has 1 aliphatic rings. The number of para-hydroxylation sites is 2. The van der Waals surface area contributed by atoms with E-state index in [4.69, 9.17) is 10.00 Å². The van der Waals surface area contributed by atoms with Crippen LogP contribution in [-0.4, -0.2) is 43.0 Å². The molecule has 1 aromatic carbocycles. The van der Waals surface area contributed by atoms with Crippen LogP contribution in [0.5, 0.6) is 0 Å². The smallest absolute Gasteiger partial charge is 0.309 e. The summed E-state index contributed by atoms with van der Waals surface area (Å²) in [6.07, 6.45) is 1.20. The van der Waals surface area contributed by atoms with Crippen LogP contribution in [0.3, 0.4) is 0 Å². The van der Waals surface area contributed by atoms with Gasteiger partial charge in [0.1, 0.15) is 5.69 Å². The number of hydrogen-bond donors (Lipinski definition) is 1. The number of piperidine rings is 1. The highest BCUT2D eigenvalue weighted by molar-refractivity contribution is 5.81. The molecule has 0 bridgehead atoms. The van der Waals surface area contributed by atoms with Gasteiger partial charge in [-0.05, 0) is 18.9 Å². The quantitative estimate of drug-likeness (QED) is 0.337. The molecule has 1 aliphatic heterocycles. The molecule has 1 amide bonds. The Hall–Kier alpha value is -3.15. The Labute approximate surface area is 150 Å². The normalized spacial score (nSPS) is 14.3. The number of amides is 1. The van der Waals surface area contributed by atoms with E-state index in [1.807, 2.05) is 11.0 Å². The van der Waals surface area contributed by atoms with E-state index in [1.54, 1.807) is 18.2 Å². The Morgan fingerprint density at radius 2 is 2.04 bits per heavy atom. The number of benzene rings is 1. The van der Waals surface area contributed by atoms with Gasteiger partial charge >= 0.3 is 5.97 Å². The maximum Gasteiger partial charge on any atom is 0.309 e. The number of nitrogens with one attached hydrogen (secondary N) is 1. The summed E-state index contributed by atoms with van der Waals surface area (Å²) in [4.78, 5) is 36.1. The number of ether oxygens (including phenoxy) is 1. The van der Waals surface area contributed by atoms with Crippen molar-refractivity contribution in [3.63, 3.8) is 0 Å². The van der Waals surface area contributed by atoms with Gasteiger partial charge in [-0.15, -0.1) is 0 Å². The monoisotopic (exact) mass is 360 g/mol. The summed E-state index contributed by atoms with van der Waals surface area (Å²) in [5, 5.41) is 22.0. The average molecular weight is 360 g/mol. The lowest BCUT2D eigenvalue weighted by Crippen LogP contribution is -2.38. The molecule has 0 aliphatic carbocycles. The molecule has 0 aromatic heterocycles. The van der Waals surface area contributed by atoms with Gasteiger partial charge in [-0.2, -0.15) is 5.26 Å². The molecular formula is C17H20N4O5. The van der Waals surface area contributed by atoms with Crippen LogP contribution in [-0.2, 0) is 14.3 Å². The van der Waals surface area contributed by atoms with E-state index in [9.17, 15) is 19.7 Å². The van der Waals surface area contributed by atoms with Crippen LogP contribution in [0.2, 0.25) is 0 Å². The van der Waals surface area contributed by atoms with Gasteiger partial charge in [-0.3, -0.25) is 19.7 Å². The third-order valence-electron chi connectivity index (χ3n) is 4.15. The largest absolute Gasteiger partial charge is 0.455 e. The second kappa shape index (κ2) is 9.36. The highest BCUT2D eigenvalue weighted by Crippen LogP contribution is 2.31. The number of hydrogen-bond acceptors (Lipinski definition) is 7. The first-order chi connectivity index (χ1) is 12.5. The predicted molar refractivity (Wildman–Crippen MR) is 92.2 cm³/mol. The molecule has 1 heterocycles. The van der Waals surface area contributed by atoms with Crippen molar-refractivity contribution in [1.82, 2.24) is 5.32 Å². The zero-order valence-electron chi connectivity index (χ0n) is 14.2. The molecule has 0 radical (unpaired) electrons. The maximum atomic E-state index is 12.1. The third-order valence-corrected chi connectivity index (χ3v) is 4.15. The molecule has 0 unspecified atom stereocenters. The van der Waals surface area contributed by atoms with Gasteiger partial charge < -0.3 is 15.0 Å². The zero-order chi connectivity index (χ0) is 18.9. The zero-order valence-corrected chi connectivity index (χ0v) is 14.2. The summed E-state index contributed by atoms with van der Waals surface area (Å²) in [6, 6.07) is 8.42. The topological polar surface area (TPSA) is 126 Å². The van der Waals surface area contributed by atoms with Gasteiger partial charge in [0.25, 0.3) is 11.6 Å². The number of esters is 1. The van der Waals surface area contributed by atoms with E-state index in [1.165, 1.54) is 6.07 Å². The first kappa shape index (κ1) is 19.2. The molecule has 9 heteroatoms. The van der Waals surface area contributed by atoms with Gasteiger partial charge in [0.2, 0.25) is 0 Å². The molecule has 0 saturated carbocycles. The predicted octanol–water partition coefficient (Wildman–Crippen LogP) is 1.38. The van der Waals surface area contributed by atoms with Crippen molar-refractivity contribution in [2.45, 2.75) is 19.3 Å². The summed E-state index contributed by atoms with van der Waals surface area (Å²) in [5.74, 6) is -1.21. The number of carbonyl (C=O) groups excluding carboxylic acids is 2. The van der Waals surface area contributed by atoms with Crippen LogP contribution in [0.15, 0.2) is 24.3 Å². The van der Waals surface area contributed by atoms with Crippen molar-refractivity contribution in [2.75, 3.05) is 31.1 Å². The molecule has 0 spiro atoms. The van der Waals surface area contributed by atoms with Crippen molar-refractivity contribution in [2.24, 2.45) is 5.92 Å². The van der Waals surface area contributed by atoms with Gasteiger partial charge in [0.15, 0.2) is 6.61 Å². The summed E-state index contributed by atoms with van der Waals surface area (Å²) in [6.45, 7) is 0.855. The minimum Gasteiger partial charge on any atom is -0.455 e. The van der Waals surface area contributed by atoms with Gasteiger partial charge in [0, 0.05) is 25.7 Å². The number of nitrogens with zero attached hydrogens (tertiary/aromatic N) is 3. The summed E-state index contributed by atoms with van der Waals surface area (Å²) < 4.78 is 5.02. The molecule has 1 aromatic rings. The number of carbonyl (C=O) groups is 2. The minimum atomic E-state index is -0.442. The highest BCUT2D eigenvalue weighted by atomic mass is 16.6. The fourth-order valence-corrected chi connectivity index (χ4v) is 2.81. The van der Waals surface area contributed by atoms with Gasteiger partial charge in [-0.25, -0.2) is 0 Å². The number of nitriles is 1. The summed E-state index contributed by atoms with van der Waals surface area (Å²) in [7, 11) is 0. The number of rotatable bonds is 7. The highest BCUT2D eigenvalue weighted by Gasteiger charge is 2.29. The van der Waals surface area contributed by atoms with Crippen LogP contribution < -0.4 is 10.2 Å². The SMILES string of the molecule is N#CCCNC(=O)COC(=O)C1CCN(c2ccccc2[N+](=O)[O-])CC1. The lowest BCUT2D eigenvalue weighted by atomic mass is 9.96. The van der Waals surface area contributed by atoms with Crippen molar-refractivity contribution < 1.29 is 19.2 Å².